The lowest BCUT2D eigenvalue weighted by Gasteiger charge is -2.22. The van der Waals surface area contributed by atoms with Gasteiger partial charge in [-0.2, -0.15) is 0 Å². The van der Waals surface area contributed by atoms with E-state index in [4.69, 9.17) is 4.74 Å². The number of carbonyl (C=O) groups is 1. The molecule has 1 aromatic rings. The lowest BCUT2D eigenvalue weighted by atomic mass is 9.99. The molecule has 0 aliphatic carbocycles. The molecule has 1 aromatic carbocycles. The third kappa shape index (κ3) is 4.89. The number of amides is 1. The van der Waals surface area contributed by atoms with E-state index in [0.29, 0.717) is 25.3 Å². The van der Waals surface area contributed by atoms with Crippen LogP contribution in [0.25, 0.3) is 0 Å². The molecule has 1 amide bonds. The van der Waals surface area contributed by atoms with Gasteiger partial charge in [0.15, 0.2) is 0 Å². The summed E-state index contributed by atoms with van der Waals surface area (Å²) in [5, 5.41) is 2.78. The molecule has 4 heteroatoms. The average Bonchev–Trinajstić information content (AvgIpc) is 2.42. The molecule has 0 radical (unpaired) electrons. The first-order chi connectivity index (χ1) is 9.15. The van der Waals surface area contributed by atoms with Crippen molar-refractivity contribution >= 4 is 5.91 Å². The largest absolute Gasteiger partial charge is 0.493 e. The van der Waals surface area contributed by atoms with E-state index >= 15 is 0 Å². The fourth-order valence-corrected chi connectivity index (χ4v) is 1.93. The molecule has 1 fully saturated rings. The zero-order valence-corrected chi connectivity index (χ0v) is 11.8. The van der Waals surface area contributed by atoms with Crippen LogP contribution in [0.2, 0.25) is 0 Å². The lowest BCUT2D eigenvalue weighted by molar-refractivity contribution is -0.123. The summed E-state index contributed by atoms with van der Waals surface area (Å²) in [6, 6.07) is 4.49. The van der Waals surface area contributed by atoms with Gasteiger partial charge in [-0.05, 0) is 25.0 Å². The van der Waals surface area contributed by atoms with Crippen LogP contribution in [0.3, 0.4) is 0 Å². The van der Waals surface area contributed by atoms with Crippen molar-refractivity contribution in [2.75, 3.05) is 13.2 Å². The van der Waals surface area contributed by atoms with E-state index in [9.17, 15) is 9.18 Å². The molecule has 1 unspecified atom stereocenters. The van der Waals surface area contributed by atoms with E-state index in [2.05, 4.69) is 5.32 Å². The van der Waals surface area contributed by atoms with Gasteiger partial charge in [-0.1, -0.05) is 19.9 Å². The fraction of sp³-hybridized carbons (Fsp3) is 0.533. The Morgan fingerprint density at radius 1 is 1.42 bits per heavy atom. The highest BCUT2D eigenvalue weighted by atomic mass is 19.1. The second kappa shape index (κ2) is 7.77. The number of aryl methyl sites for hydroxylation is 1. The molecule has 0 aromatic heterocycles. The molecule has 1 N–H and O–H groups in total. The minimum Gasteiger partial charge on any atom is -0.493 e. The summed E-state index contributed by atoms with van der Waals surface area (Å²) in [6.45, 7) is 7.05. The number of carbonyl (C=O) groups excluding carboxylic acids is 1. The van der Waals surface area contributed by atoms with Gasteiger partial charge >= 0.3 is 0 Å². The summed E-state index contributed by atoms with van der Waals surface area (Å²) in [7, 11) is 0. The standard InChI is InChI=1S/C13H16FNO2.C2H6/c1-9-2-3-11(14)7-12(9)17-8-10-4-5-15-13(16)6-10;1-2/h2-3,7,10H,4-6,8H2,1H3,(H,15,16);1-2H3. The van der Waals surface area contributed by atoms with Crippen LogP contribution in [0.4, 0.5) is 4.39 Å². The van der Waals surface area contributed by atoms with Crippen molar-refractivity contribution in [2.45, 2.75) is 33.6 Å². The Balaban J connectivity index is 0.000000861. The van der Waals surface area contributed by atoms with E-state index in [1.54, 1.807) is 6.07 Å². The summed E-state index contributed by atoms with van der Waals surface area (Å²) in [5.74, 6) is 0.565. The van der Waals surface area contributed by atoms with Crippen LogP contribution in [-0.2, 0) is 4.79 Å². The van der Waals surface area contributed by atoms with Crippen LogP contribution in [0.15, 0.2) is 18.2 Å². The predicted octanol–water partition coefficient (Wildman–Crippen LogP) is 3.07. The van der Waals surface area contributed by atoms with Crippen LogP contribution >= 0.6 is 0 Å². The predicted molar refractivity (Wildman–Crippen MR) is 73.7 cm³/mol. The van der Waals surface area contributed by atoms with Crippen LogP contribution in [0.5, 0.6) is 5.75 Å². The summed E-state index contributed by atoms with van der Waals surface area (Å²) < 4.78 is 18.6. The fourth-order valence-electron chi connectivity index (χ4n) is 1.93. The van der Waals surface area contributed by atoms with E-state index in [-0.39, 0.29) is 17.6 Å². The summed E-state index contributed by atoms with van der Waals surface area (Å²) in [5.41, 5.74) is 0.909. The highest BCUT2D eigenvalue weighted by Gasteiger charge is 2.19. The van der Waals surface area contributed by atoms with Gasteiger partial charge in [-0.25, -0.2) is 4.39 Å². The number of halogens is 1. The van der Waals surface area contributed by atoms with Crippen molar-refractivity contribution in [1.29, 1.82) is 0 Å². The first kappa shape index (κ1) is 15.5. The summed E-state index contributed by atoms with van der Waals surface area (Å²) >= 11 is 0. The van der Waals surface area contributed by atoms with Crippen molar-refractivity contribution in [3.05, 3.63) is 29.6 Å². The third-order valence-corrected chi connectivity index (χ3v) is 2.97. The second-order valence-corrected chi connectivity index (χ2v) is 4.43. The molecule has 2 rings (SSSR count). The Bertz CT molecular complexity index is 421. The Kier molecular flexibility index (Phi) is 6.33. The highest BCUT2D eigenvalue weighted by molar-refractivity contribution is 5.76. The molecule has 1 heterocycles. The van der Waals surface area contributed by atoms with Crippen LogP contribution in [0, 0.1) is 18.7 Å². The van der Waals surface area contributed by atoms with Gasteiger partial charge in [0.1, 0.15) is 11.6 Å². The van der Waals surface area contributed by atoms with E-state index < -0.39 is 0 Å². The first-order valence-corrected chi connectivity index (χ1v) is 6.81. The monoisotopic (exact) mass is 267 g/mol. The van der Waals surface area contributed by atoms with E-state index in [1.165, 1.54) is 12.1 Å². The van der Waals surface area contributed by atoms with Crippen molar-refractivity contribution in [1.82, 2.24) is 5.32 Å². The van der Waals surface area contributed by atoms with Gasteiger partial charge in [0, 0.05) is 24.9 Å². The van der Waals surface area contributed by atoms with Gasteiger partial charge in [0.25, 0.3) is 0 Å². The topological polar surface area (TPSA) is 38.3 Å². The molecule has 1 aliphatic heterocycles. The van der Waals surface area contributed by atoms with Crippen LogP contribution in [0.1, 0.15) is 32.3 Å². The second-order valence-electron chi connectivity index (χ2n) is 4.43. The molecule has 1 aliphatic rings. The molecule has 0 saturated carbocycles. The summed E-state index contributed by atoms with van der Waals surface area (Å²) in [4.78, 5) is 11.2. The number of hydrogen-bond donors (Lipinski definition) is 1. The number of hydrogen-bond acceptors (Lipinski definition) is 2. The Morgan fingerprint density at radius 2 is 2.16 bits per heavy atom. The zero-order valence-electron chi connectivity index (χ0n) is 11.8. The normalized spacial score (nSPS) is 18.1. The lowest BCUT2D eigenvalue weighted by Crippen LogP contribution is -2.35. The van der Waals surface area contributed by atoms with Gasteiger partial charge in [0.2, 0.25) is 5.91 Å². The first-order valence-electron chi connectivity index (χ1n) is 6.81. The molecule has 1 atom stereocenters. The Labute approximate surface area is 114 Å². The molecule has 106 valence electrons. The minimum absolute atomic E-state index is 0.0702. The van der Waals surface area contributed by atoms with E-state index in [1.807, 2.05) is 20.8 Å². The number of nitrogens with one attached hydrogen (secondary N) is 1. The minimum atomic E-state index is -0.299. The molecule has 1 saturated heterocycles. The highest BCUT2D eigenvalue weighted by Crippen LogP contribution is 2.21. The Hall–Kier alpha value is -1.58. The maximum atomic E-state index is 13.0. The molecular formula is C15H22FNO2. The van der Waals surface area contributed by atoms with Gasteiger partial charge in [-0.15, -0.1) is 0 Å². The number of rotatable bonds is 3. The SMILES string of the molecule is CC.Cc1ccc(F)cc1OCC1CCNC(=O)C1. The van der Waals surface area contributed by atoms with Crippen molar-refractivity contribution in [3.8, 4) is 5.75 Å². The quantitative estimate of drug-likeness (QED) is 0.914. The molecule has 0 bridgehead atoms. The zero-order chi connectivity index (χ0) is 14.3. The smallest absolute Gasteiger partial charge is 0.220 e. The maximum absolute atomic E-state index is 13.0. The number of benzene rings is 1. The third-order valence-electron chi connectivity index (χ3n) is 2.97. The number of piperidine rings is 1. The van der Waals surface area contributed by atoms with Crippen LogP contribution < -0.4 is 10.1 Å². The molecular weight excluding hydrogens is 245 g/mol. The van der Waals surface area contributed by atoms with Gasteiger partial charge < -0.3 is 10.1 Å². The molecule has 19 heavy (non-hydrogen) atoms. The number of ether oxygens (including phenoxy) is 1. The van der Waals surface area contributed by atoms with E-state index in [0.717, 1.165) is 12.0 Å². The average molecular weight is 267 g/mol. The molecule has 3 nitrogen and oxygen atoms in total. The Morgan fingerprint density at radius 3 is 2.84 bits per heavy atom. The van der Waals surface area contributed by atoms with Crippen molar-refractivity contribution in [2.24, 2.45) is 5.92 Å². The molecule has 0 spiro atoms. The van der Waals surface area contributed by atoms with Crippen molar-refractivity contribution < 1.29 is 13.9 Å². The summed E-state index contributed by atoms with van der Waals surface area (Å²) in [6.07, 6.45) is 1.41. The van der Waals surface area contributed by atoms with Gasteiger partial charge in [0.05, 0.1) is 6.61 Å². The van der Waals surface area contributed by atoms with Gasteiger partial charge in [-0.3, -0.25) is 4.79 Å². The van der Waals surface area contributed by atoms with Crippen LogP contribution in [-0.4, -0.2) is 19.1 Å². The maximum Gasteiger partial charge on any atom is 0.220 e. The van der Waals surface area contributed by atoms with Crippen molar-refractivity contribution in [3.63, 3.8) is 0 Å².